The molecule has 62 heavy (non-hydrogen) atoms. The number of hydrogen-bond donors (Lipinski definition) is 4. The number of hydrogen-bond acceptors (Lipinski definition) is 15. The number of fused-ring (bicyclic) bond motifs is 10. The summed E-state index contributed by atoms with van der Waals surface area (Å²) in [5.41, 5.74) is -1.73. The molecule has 9 rings (SSSR count). The molecule has 0 saturated carbocycles. The highest BCUT2D eigenvalue weighted by Crippen LogP contribution is 2.55. The van der Waals surface area contributed by atoms with Gasteiger partial charge in [-0.25, -0.2) is 0 Å². The summed E-state index contributed by atoms with van der Waals surface area (Å²) in [4.78, 5) is 28.0. The van der Waals surface area contributed by atoms with E-state index in [1.807, 2.05) is 26.0 Å². The van der Waals surface area contributed by atoms with Crippen LogP contribution >= 0.6 is 0 Å². The minimum absolute atomic E-state index is 0.0379. The van der Waals surface area contributed by atoms with E-state index in [1.54, 1.807) is 13.8 Å². The Labute approximate surface area is 365 Å². The first-order valence-corrected chi connectivity index (χ1v) is 23.5. The Balaban J connectivity index is 1.01. The van der Waals surface area contributed by atoms with Crippen LogP contribution in [0, 0.1) is 17.8 Å². The number of aliphatic hydroxyl groups excluding tert-OH is 3. The zero-order chi connectivity index (χ0) is 44.0. The van der Waals surface area contributed by atoms with Gasteiger partial charge >= 0.3 is 5.97 Å². The minimum Gasteiger partial charge on any atom is -0.459 e. The van der Waals surface area contributed by atoms with Gasteiger partial charge in [0.15, 0.2) is 17.4 Å². The van der Waals surface area contributed by atoms with Crippen LogP contribution in [0.4, 0.5) is 0 Å². The van der Waals surface area contributed by atoms with Crippen molar-refractivity contribution in [3.63, 3.8) is 0 Å². The normalized spacial score (nSPS) is 55.0. The fourth-order valence-corrected chi connectivity index (χ4v) is 12.5. The molecule has 0 amide bonds. The number of esters is 1. The summed E-state index contributed by atoms with van der Waals surface area (Å²) in [6, 6.07) is 0. The van der Waals surface area contributed by atoms with Crippen LogP contribution in [0.1, 0.15) is 131 Å². The average molecular weight is 875 g/mol. The monoisotopic (exact) mass is 874 g/mol. The van der Waals surface area contributed by atoms with Crippen LogP contribution < -0.4 is 0 Å². The molecule has 9 heterocycles. The Morgan fingerprint density at radius 1 is 0.806 bits per heavy atom. The summed E-state index contributed by atoms with van der Waals surface area (Å²) in [6.45, 7) is 11.7. The highest BCUT2D eigenvalue weighted by Gasteiger charge is 2.66. The standard InChI is InChI=1S/C47H70O15/c1-26-9-10-32-34(21-37(55-32)47(53)39(50)28(3)13-19-54-47)56-41(52)29(4)31-8-7-14-45(57-31)16-11-33(58-45)40(51)43(6)23-30(49)38(61-43)35-24-44(25-48)17-18-46(59-35,62-44)36-12-15-42(5,60-36)22-27(2)20-26/h9-10,20,27-29,31-40,48,50-51,53H,7-8,11-19,21-25H2,1-6H3/b10-9+,26-20-/t27-,28+,29+,31-,32+,33-,34+,35+,36+,37-,38-,39+,40-,42+,43+,44-,45-,46-,47+/m0/s1. The van der Waals surface area contributed by atoms with E-state index >= 15 is 0 Å². The first-order chi connectivity index (χ1) is 29.3. The molecule has 0 radical (unpaired) electrons. The first-order valence-electron chi connectivity index (χ1n) is 23.5. The van der Waals surface area contributed by atoms with E-state index in [0.717, 1.165) is 18.4 Å². The summed E-state index contributed by atoms with van der Waals surface area (Å²) in [7, 11) is 0. The molecule has 0 unspecified atom stereocenters. The van der Waals surface area contributed by atoms with Gasteiger partial charge in [0, 0.05) is 38.5 Å². The molecule has 9 aliphatic heterocycles. The highest BCUT2D eigenvalue weighted by atomic mass is 16.8. The lowest BCUT2D eigenvalue weighted by Crippen LogP contribution is -2.59. The van der Waals surface area contributed by atoms with E-state index < -0.39 is 107 Å². The Hall–Kier alpha value is -1.86. The summed E-state index contributed by atoms with van der Waals surface area (Å²) >= 11 is 0. The third-order valence-electron chi connectivity index (χ3n) is 16.0. The van der Waals surface area contributed by atoms with Crippen molar-refractivity contribution in [3.8, 4) is 0 Å². The molecule has 0 aliphatic carbocycles. The van der Waals surface area contributed by atoms with Crippen LogP contribution in [0.2, 0.25) is 0 Å². The number of carbonyl (C=O) groups excluding carboxylic acids is 2. The lowest BCUT2D eigenvalue weighted by atomic mass is 9.87. The molecule has 0 aromatic rings. The van der Waals surface area contributed by atoms with Crippen molar-refractivity contribution < 1.29 is 72.6 Å². The van der Waals surface area contributed by atoms with Crippen LogP contribution in [0.5, 0.6) is 0 Å². The summed E-state index contributed by atoms with van der Waals surface area (Å²) < 4.78 is 58.8. The fourth-order valence-electron chi connectivity index (χ4n) is 12.5. The van der Waals surface area contributed by atoms with Crippen molar-refractivity contribution in [2.45, 2.75) is 227 Å². The van der Waals surface area contributed by atoms with Gasteiger partial charge in [-0.2, -0.15) is 0 Å². The van der Waals surface area contributed by atoms with Gasteiger partial charge in [-0.15, -0.1) is 0 Å². The van der Waals surface area contributed by atoms with E-state index in [0.29, 0.717) is 57.8 Å². The third-order valence-corrected chi connectivity index (χ3v) is 16.0. The van der Waals surface area contributed by atoms with E-state index in [4.69, 9.17) is 42.6 Å². The molecule has 9 aliphatic rings. The van der Waals surface area contributed by atoms with Crippen molar-refractivity contribution >= 4 is 11.8 Å². The van der Waals surface area contributed by atoms with Gasteiger partial charge in [0.25, 0.3) is 0 Å². The van der Waals surface area contributed by atoms with Crippen molar-refractivity contribution in [1.29, 1.82) is 0 Å². The number of rotatable bonds is 2. The Morgan fingerprint density at radius 3 is 2.39 bits per heavy atom. The molecule has 0 aromatic carbocycles. The molecule has 8 saturated heterocycles. The van der Waals surface area contributed by atoms with Gasteiger partial charge in [0.2, 0.25) is 5.79 Å². The van der Waals surface area contributed by atoms with Crippen LogP contribution in [-0.4, -0.2) is 141 Å². The van der Waals surface area contributed by atoms with Crippen LogP contribution in [-0.2, 0) is 52.2 Å². The molecule has 2 spiro atoms. The number of ether oxygens (including phenoxy) is 9. The van der Waals surface area contributed by atoms with E-state index in [9.17, 15) is 30.0 Å². The van der Waals surface area contributed by atoms with Gasteiger partial charge in [-0.3, -0.25) is 9.59 Å². The van der Waals surface area contributed by atoms with Gasteiger partial charge in [-0.05, 0) is 90.9 Å². The van der Waals surface area contributed by atoms with Crippen molar-refractivity contribution in [2.24, 2.45) is 17.8 Å². The second kappa shape index (κ2) is 16.5. The van der Waals surface area contributed by atoms with E-state index in [-0.39, 0.29) is 50.1 Å². The Morgan fingerprint density at radius 2 is 1.60 bits per heavy atom. The zero-order valence-corrected chi connectivity index (χ0v) is 37.3. The number of allylic oxidation sites excluding steroid dienone is 3. The first kappa shape index (κ1) is 45.3. The third kappa shape index (κ3) is 8.09. The molecule has 4 N–H and O–H groups in total. The van der Waals surface area contributed by atoms with Crippen LogP contribution in [0.3, 0.4) is 0 Å². The highest BCUT2D eigenvalue weighted by molar-refractivity contribution is 5.86. The molecule has 19 atom stereocenters. The lowest BCUT2D eigenvalue weighted by Gasteiger charge is -2.47. The number of Topliss-reactive ketones (excluding diaryl/α,β-unsaturated/α-hetero) is 1. The van der Waals surface area contributed by atoms with Gasteiger partial charge in [-0.1, -0.05) is 37.6 Å². The Bertz CT molecular complexity index is 1770. The number of carbonyl (C=O) groups is 2. The van der Waals surface area contributed by atoms with Crippen LogP contribution in [0.15, 0.2) is 23.8 Å². The smallest absolute Gasteiger partial charge is 0.311 e. The number of ketones is 1. The van der Waals surface area contributed by atoms with Crippen molar-refractivity contribution in [3.05, 3.63) is 23.8 Å². The molecule has 10 bridgehead atoms. The largest absolute Gasteiger partial charge is 0.459 e. The maximum atomic E-state index is 14.1. The summed E-state index contributed by atoms with van der Waals surface area (Å²) in [5, 5.41) is 45.5. The number of aliphatic hydroxyl groups is 4. The van der Waals surface area contributed by atoms with Crippen molar-refractivity contribution in [2.75, 3.05) is 13.2 Å². The SMILES string of the molecule is CC1=C/[C@H](C)C[C@@]2(C)CC[C@@H](O2)[C@@]23CC[C@@](CO)(C[C@@H](O2)[C@H]2O[C@](C)(CC2=O)[C@@H](O)[C@@H]2CC[C@]4(CCC[C@H](O4)[C@@H](C)C(=O)O[C@@H]4C[C@@H]([C@@]5(O)OCC[C@@H](C)[C@H]5O)O[C@@H]4\C=C\1)O2)O3. The van der Waals surface area contributed by atoms with Gasteiger partial charge < -0.3 is 63.1 Å². The second-order valence-electron chi connectivity index (χ2n) is 21.2. The maximum absolute atomic E-state index is 14.1. The van der Waals surface area contributed by atoms with E-state index in [1.165, 1.54) is 0 Å². The molecule has 15 nitrogen and oxygen atoms in total. The minimum atomic E-state index is -1.97. The predicted molar refractivity (Wildman–Crippen MR) is 219 cm³/mol. The molecular weight excluding hydrogens is 805 g/mol. The Kier molecular flexibility index (Phi) is 12.0. The molecule has 8 fully saturated rings. The topological polar surface area (TPSA) is 198 Å². The molecule has 15 heteroatoms. The van der Waals surface area contributed by atoms with Crippen LogP contribution in [0.25, 0.3) is 0 Å². The average Bonchev–Trinajstić information content (AvgIpc) is 4.06. The fraction of sp³-hybridized carbons (Fsp3) is 0.872. The second-order valence-corrected chi connectivity index (χ2v) is 21.2. The lowest BCUT2D eigenvalue weighted by molar-refractivity contribution is -0.365. The molecular formula is C47H70O15. The quantitative estimate of drug-likeness (QED) is 0.288. The molecule has 0 aromatic heterocycles. The van der Waals surface area contributed by atoms with E-state index in [2.05, 4.69) is 19.9 Å². The zero-order valence-electron chi connectivity index (χ0n) is 37.3. The predicted octanol–water partition coefficient (Wildman–Crippen LogP) is 4.23. The maximum Gasteiger partial charge on any atom is 0.311 e. The molecule has 348 valence electrons. The summed E-state index contributed by atoms with van der Waals surface area (Å²) in [6.07, 6.45) is 4.76. The van der Waals surface area contributed by atoms with Gasteiger partial charge in [0.1, 0.15) is 48.3 Å². The van der Waals surface area contributed by atoms with Crippen molar-refractivity contribution in [1.82, 2.24) is 0 Å². The summed E-state index contributed by atoms with van der Waals surface area (Å²) in [5.74, 6) is -5.63. The van der Waals surface area contributed by atoms with Gasteiger partial charge in [0.05, 0.1) is 48.6 Å².